The molecule has 0 saturated heterocycles. The minimum absolute atomic E-state index is 0.0226. The molecule has 1 aliphatic carbocycles. The van der Waals surface area contributed by atoms with E-state index in [1.807, 2.05) is 54.6 Å². The van der Waals surface area contributed by atoms with Crippen molar-refractivity contribution < 1.29 is 19.4 Å². The summed E-state index contributed by atoms with van der Waals surface area (Å²) in [6.45, 7) is 0.658. The highest BCUT2D eigenvalue weighted by Crippen LogP contribution is 2.44. The zero-order valence-corrected chi connectivity index (χ0v) is 18.5. The smallest absolute Gasteiger partial charge is 0.407 e. The van der Waals surface area contributed by atoms with Gasteiger partial charge in [0.25, 0.3) is 0 Å². The van der Waals surface area contributed by atoms with Gasteiger partial charge in [0.15, 0.2) is 0 Å². The Balaban J connectivity index is 1.17. The van der Waals surface area contributed by atoms with Crippen molar-refractivity contribution in [3.05, 3.63) is 101 Å². The van der Waals surface area contributed by atoms with E-state index in [2.05, 4.69) is 34.6 Å². The fourth-order valence-corrected chi connectivity index (χ4v) is 4.61. The van der Waals surface area contributed by atoms with Crippen molar-refractivity contribution in [3.63, 3.8) is 0 Å². The minimum atomic E-state index is -1.01. The van der Waals surface area contributed by atoms with Gasteiger partial charge in [0.1, 0.15) is 12.3 Å². The second-order valence-corrected chi connectivity index (χ2v) is 8.21. The average Bonchev–Trinajstić information content (AvgIpc) is 3.39. The Hall–Kier alpha value is -4.32. The maximum atomic E-state index is 12.3. The summed E-state index contributed by atoms with van der Waals surface area (Å²) in [6.07, 6.45) is 3.71. The molecule has 6 nitrogen and oxygen atoms in total. The zero-order valence-electron chi connectivity index (χ0n) is 18.5. The standard InChI is InChI=1S/C28H24N2O4/c31-27(32)26-23(22-13-5-6-15-25(22)30-26)14-7-8-16-29-28(33)34-17-24-20-11-3-1-9-18(20)19-10-2-4-12-21(19)24/h1-7,9-15,24,30H,8,16-17H2,(H,29,33)(H,31,32). The van der Waals surface area contributed by atoms with E-state index in [0.717, 1.165) is 10.9 Å². The summed E-state index contributed by atoms with van der Waals surface area (Å²) in [5.41, 5.74) is 6.29. The van der Waals surface area contributed by atoms with Gasteiger partial charge in [-0.15, -0.1) is 0 Å². The third-order valence-electron chi connectivity index (χ3n) is 6.17. The first-order valence-electron chi connectivity index (χ1n) is 11.2. The van der Waals surface area contributed by atoms with Crippen LogP contribution >= 0.6 is 0 Å². The molecule has 0 radical (unpaired) electrons. The average molecular weight is 453 g/mol. The highest BCUT2D eigenvalue weighted by Gasteiger charge is 2.28. The molecule has 0 fully saturated rings. The second kappa shape index (κ2) is 9.27. The number of benzene rings is 3. The number of ether oxygens (including phenoxy) is 1. The molecule has 0 saturated carbocycles. The van der Waals surface area contributed by atoms with E-state index < -0.39 is 12.1 Å². The van der Waals surface area contributed by atoms with Crippen molar-refractivity contribution in [2.45, 2.75) is 12.3 Å². The number of carboxylic acid groups (broad SMARTS) is 1. The molecule has 6 heteroatoms. The summed E-state index contributed by atoms with van der Waals surface area (Å²) in [6, 6.07) is 23.9. The van der Waals surface area contributed by atoms with Gasteiger partial charge in [0.2, 0.25) is 0 Å². The van der Waals surface area contributed by atoms with Crippen molar-refractivity contribution in [1.29, 1.82) is 0 Å². The molecule has 0 unspecified atom stereocenters. The Morgan fingerprint density at radius 2 is 1.59 bits per heavy atom. The number of hydrogen-bond acceptors (Lipinski definition) is 3. The molecule has 1 heterocycles. The first-order valence-corrected chi connectivity index (χ1v) is 11.2. The molecule has 1 amide bonds. The van der Waals surface area contributed by atoms with Crippen LogP contribution in [0, 0.1) is 0 Å². The number of para-hydroxylation sites is 1. The van der Waals surface area contributed by atoms with Gasteiger partial charge in [0, 0.05) is 28.9 Å². The van der Waals surface area contributed by atoms with Gasteiger partial charge in [-0.05, 0) is 34.7 Å². The van der Waals surface area contributed by atoms with Crippen molar-refractivity contribution in [1.82, 2.24) is 10.3 Å². The maximum Gasteiger partial charge on any atom is 0.407 e. The van der Waals surface area contributed by atoms with Crippen LogP contribution in [-0.4, -0.2) is 35.3 Å². The number of aromatic nitrogens is 1. The number of carboxylic acids is 1. The molecule has 0 bridgehead atoms. The molecule has 3 N–H and O–H groups in total. The fraction of sp³-hybridized carbons (Fsp3) is 0.143. The van der Waals surface area contributed by atoms with E-state index in [0.29, 0.717) is 18.5 Å². The number of hydrogen-bond donors (Lipinski definition) is 3. The van der Waals surface area contributed by atoms with Crippen LogP contribution in [0.15, 0.2) is 78.9 Å². The number of aromatic amines is 1. The lowest BCUT2D eigenvalue weighted by Crippen LogP contribution is -2.26. The summed E-state index contributed by atoms with van der Waals surface area (Å²) in [4.78, 5) is 26.8. The van der Waals surface area contributed by atoms with Gasteiger partial charge in [-0.3, -0.25) is 0 Å². The Bertz CT molecular complexity index is 1360. The van der Waals surface area contributed by atoms with E-state index in [-0.39, 0.29) is 18.2 Å². The van der Waals surface area contributed by atoms with Gasteiger partial charge in [-0.25, -0.2) is 9.59 Å². The molecule has 3 aromatic carbocycles. The van der Waals surface area contributed by atoms with E-state index in [9.17, 15) is 14.7 Å². The summed E-state index contributed by atoms with van der Waals surface area (Å²) in [5.74, 6) is -0.984. The van der Waals surface area contributed by atoms with Crippen molar-refractivity contribution >= 4 is 29.0 Å². The molecule has 4 aromatic rings. The lowest BCUT2D eigenvalue weighted by Gasteiger charge is -2.14. The molecular weight excluding hydrogens is 428 g/mol. The fourth-order valence-electron chi connectivity index (χ4n) is 4.61. The van der Waals surface area contributed by atoms with E-state index in [1.54, 1.807) is 6.08 Å². The number of aromatic carboxylic acids is 1. The molecule has 1 aromatic heterocycles. The molecule has 0 spiro atoms. The number of fused-ring (bicyclic) bond motifs is 4. The molecule has 0 aliphatic heterocycles. The van der Waals surface area contributed by atoms with Crippen LogP contribution in [0.3, 0.4) is 0 Å². The number of H-pyrrole nitrogens is 1. The predicted octanol–water partition coefficient (Wildman–Crippen LogP) is 5.81. The van der Waals surface area contributed by atoms with E-state index in [4.69, 9.17) is 4.74 Å². The van der Waals surface area contributed by atoms with Gasteiger partial charge in [-0.2, -0.15) is 0 Å². The van der Waals surface area contributed by atoms with Crippen LogP contribution < -0.4 is 5.32 Å². The van der Waals surface area contributed by atoms with Crippen molar-refractivity contribution in [2.24, 2.45) is 0 Å². The number of carbonyl (C=O) groups is 2. The zero-order chi connectivity index (χ0) is 23.5. The minimum Gasteiger partial charge on any atom is -0.477 e. The monoisotopic (exact) mass is 452 g/mol. The van der Waals surface area contributed by atoms with E-state index >= 15 is 0 Å². The molecule has 170 valence electrons. The largest absolute Gasteiger partial charge is 0.477 e. The Kier molecular flexibility index (Phi) is 5.87. The van der Waals surface area contributed by atoms with Crippen molar-refractivity contribution in [3.8, 4) is 11.1 Å². The third-order valence-corrected chi connectivity index (χ3v) is 6.17. The lowest BCUT2D eigenvalue weighted by atomic mass is 9.98. The molecule has 34 heavy (non-hydrogen) atoms. The number of carbonyl (C=O) groups excluding carboxylic acids is 1. The number of rotatable bonds is 7. The van der Waals surface area contributed by atoms with Gasteiger partial charge < -0.3 is 20.1 Å². The second-order valence-electron chi connectivity index (χ2n) is 8.21. The number of nitrogens with one attached hydrogen (secondary N) is 2. The Morgan fingerprint density at radius 3 is 2.29 bits per heavy atom. The van der Waals surface area contributed by atoms with Crippen LogP contribution in [0.25, 0.3) is 28.1 Å². The Labute approximate surface area is 196 Å². The third kappa shape index (κ3) is 4.06. The first-order chi connectivity index (χ1) is 16.6. The summed E-state index contributed by atoms with van der Waals surface area (Å²) < 4.78 is 5.54. The Morgan fingerprint density at radius 1 is 0.941 bits per heavy atom. The van der Waals surface area contributed by atoms with Gasteiger partial charge >= 0.3 is 12.1 Å². The summed E-state index contributed by atoms with van der Waals surface area (Å²) in [7, 11) is 0. The van der Waals surface area contributed by atoms with Gasteiger partial charge in [0.05, 0.1) is 0 Å². The summed E-state index contributed by atoms with van der Waals surface area (Å²) >= 11 is 0. The van der Waals surface area contributed by atoms with Crippen LogP contribution in [-0.2, 0) is 4.74 Å². The quantitative estimate of drug-likeness (QED) is 0.309. The normalized spacial score (nSPS) is 12.6. The molecule has 5 rings (SSSR count). The molecule has 0 atom stereocenters. The number of amides is 1. The van der Waals surface area contributed by atoms with Crippen LogP contribution in [0.5, 0.6) is 0 Å². The topological polar surface area (TPSA) is 91.4 Å². The van der Waals surface area contributed by atoms with Crippen LogP contribution in [0.4, 0.5) is 4.79 Å². The first kappa shape index (κ1) is 21.5. The summed E-state index contributed by atoms with van der Waals surface area (Å²) in [5, 5.41) is 13.1. The van der Waals surface area contributed by atoms with Crippen molar-refractivity contribution in [2.75, 3.05) is 13.2 Å². The molecule has 1 aliphatic rings. The maximum absolute atomic E-state index is 12.3. The van der Waals surface area contributed by atoms with E-state index in [1.165, 1.54) is 22.3 Å². The van der Waals surface area contributed by atoms with Crippen LogP contribution in [0.1, 0.15) is 39.5 Å². The van der Waals surface area contributed by atoms with Gasteiger partial charge in [-0.1, -0.05) is 78.9 Å². The SMILES string of the molecule is O=C(NCCC=Cc1c(C(=O)O)[nH]c2ccccc12)OCC1c2ccccc2-c2ccccc21. The highest BCUT2D eigenvalue weighted by molar-refractivity contribution is 6.01. The highest BCUT2D eigenvalue weighted by atomic mass is 16.5. The number of alkyl carbamates (subject to hydrolysis) is 1. The molecular formula is C28H24N2O4. The lowest BCUT2D eigenvalue weighted by molar-refractivity contribution is 0.0691. The van der Waals surface area contributed by atoms with Crippen LogP contribution in [0.2, 0.25) is 0 Å². The predicted molar refractivity (Wildman–Crippen MR) is 132 cm³/mol.